The molecule has 0 aromatic carbocycles. The van der Waals surface area contributed by atoms with Crippen LogP contribution in [0.4, 0.5) is 14.0 Å². The Morgan fingerprint density at radius 1 is 1.29 bits per heavy atom. The van der Waals surface area contributed by atoms with Gasteiger partial charge in [0, 0.05) is 23.9 Å². The monoisotopic (exact) mass is 315 g/mol. The van der Waals surface area contributed by atoms with E-state index in [-0.39, 0.29) is 11.3 Å². The van der Waals surface area contributed by atoms with Gasteiger partial charge in [0.2, 0.25) is 5.95 Å². The van der Waals surface area contributed by atoms with Crippen LogP contribution in [0, 0.1) is 5.95 Å². The number of halogens is 2. The van der Waals surface area contributed by atoms with Gasteiger partial charge in [0.25, 0.3) is 5.91 Å². The lowest BCUT2D eigenvalue weighted by Crippen LogP contribution is -2.13. The summed E-state index contributed by atoms with van der Waals surface area (Å²) in [7, 11) is -5.19. The lowest BCUT2D eigenvalue weighted by Gasteiger charge is -2.06. The number of carbonyl (C=O) groups is 1. The van der Waals surface area contributed by atoms with Crippen molar-refractivity contribution in [2.24, 2.45) is 0 Å². The van der Waals surface area contributed by atoms with Gasteiger partial charge in [-0.3, -0.25) is 9.78 Å². The smallest absolute Gasteiger partial charge is 0.357 e. The minimum atomic E-state index is -5.19. The maximum atomic E-state index is 12.9. The molecule has 0 fully saturated rings. The van der Waals surface area contributed by atoms with Gasteiger partial charge in [0.05, 0.1) is 18.1 Å². The van der Waals surface area contributed by atoms with Crippen molar-refractivity contribution < 1.29 is 25.7 Å². The molecule has 1 N–H and O–H groups in total. The first-order chi connectivity index (χ1) is 9.83. The molecule has 0 bridgehead atoms. The van der Waals surface area contributed by atoms with Gasteiger partial charge in [-0.2, -0.15) is 12.8 Å². The van der Waals surface area contributed by atoms with Gasteiger partial charge in [-0.15, -0.1) is 0 Å². The summed E-state index contributed by atoms with van der Waals surface area (Å²) in [5.41, 5.74) is 0.0327. The normalized spacial score (nSPS) is 11.0. The summed E-state index contributed by atoms with van der Waals surface area (Å²) < 4.78 is 49.9. The number of anilines is 1. The number of rotatable bonds is 4. The fourth-order valence-electron chi connectivity index (χ4n) is 1.39. The standard InChI is InChI=1S/C11H7F2N3O4S/c12-10-3-7(1-2-15-10)11(17)16-8-4-9(6-14-5-8)20-21(13,18)19/h1-6H,(H,16,17). The molecule has 0 spiro atoms. The second-order valence-electron chi connectivity index (χ2n) is 3.71. The average Bonchev–Trinajstić information content (AvgIpc) is 2.37. The highest BCUT2D eigenvalue weighted by atomic mass is 32.3. The SMILES string of the molecule is O=C(Nc1cncc(OS(=O)(=O)F)c1)c1ccnc(F)c1. The van der Waals surface area contributed by atoms with E-state index in [0.29, 0.717) is 0 Å². The predicted octanol–water partition coefficient (Wildman–Crippen LogP) is 1.46. The van der Waals surface area contributed by atoms with Gasteiger partial charge >= 0.3 is 10.5 Å². The van der Waals surface area contributed by atoms with E-state index in [1.54, 1.807) is 0 Å². The van der Waals surface area contributed by atoms with Crippen molar-refractivity contribution in [3.8, 4) is 5.75 Å². The summed E-state index contributed by atoms with van der Waals surface area (Å²) in [4.78, 5) is 18.7. The Kier molecular flexibility index (Phi) is 4.08. The second kappa shape index (κ2) is 5.79. The maximum absolute atomic E-state index is 12.9. The fraction of sp³-hybridized carbons (Fsp3) is 0. The van der Waals surface area contributed by atoms with Crippen molar-refractivity contribution in [1.82, 2.24) is 9.97 Å². The minimum absolute atomic E-state index is 0.00747. The van der Waals surface area contributed by atoms with E-state index in [1.165, 1.54) is 12.3 Å². The Balaban J connectivity index is 2.16. The number of hydrogen-bond acceptors (Lipinski definition) is 6. The summed E-state index contributed by atoms with van der Waals surface area (Å²) >= 11 is 0. The lowest BCUT2D eigenvalue weighted by atomic mass is 10.2. The van der Waals surface area contributed by atoms with Crippen molar-refractivity contribution in [1.29, 1.82) is 0 Å². The van der Waals surface area contributed by atoms with Crippen LogP contribution in [0.2, 0.25) is 0 Å². The molecule has 2 aromatic rings. The highest BCUT2D eigenvalue weighted by Gasteiger charge is 2.12. The van der Waals surface area contributed by atoms with E-state index in [4.69, 9.17) is 0 Å². The van der Waals surface area contributed by atoms with Gasteiger partial charge in [0.1, 0.15) is 0 Å². The minimum Gasteiger partial charge on any atom is -0.357 e. The van der Waals surface area contributed by atoms with Gasteiger partial charge in [0.15, 0.2) is 5.75 Å². The first-order valence-electron chi connectivity index (χ1n) is 5.35. The van der Waals surface area contributed by atoms with Crippen LogP contribution in [0.25, 0.3) is 0 Å². The molecule has 1 amide bonds. The zero-order chi connectivity index (χ0) is 15.5. The summed E-state index contributed by atoms with van der Waals surface area (Å²) in [6.45, 7) is 0. The molecule has 0 atom stereocenters. The van der Waals surface area contributed by atoms with Crippen molar-refractivity contribution in [2.75, 3.05) is 5.32 Å². The predicted molar refractivity (Wildman–Crippen MR) is 67.0 cm³/mol. The molecule has 0 aliphatic heterocycles. The van der Waals surface area contributed by atoms with E-state index in [2.05, 4.69) is 19.5 Å². The number of aromatic nitrogens is 2. The number of pyridine rings is 2. The van der Waals surface area contributed by atoms with Crippen molar-refractivity contribution in [3.05, 3.63) is 48.3 Å². The van der Waals surface area contributed by atoms with Gasteiger partial charge < -0.3 is 9.50 Å². The van der Waals surface area contributed by atoms with E-state index < -0.39 is 28.1 Å². The molecule has 0 unspecified atom stereocenters. The third-order valence-corrected chi connectivity index (χ3v) is 2.55. The largest absolute Gasteiger partial charge is 0.488 e. The van der Waals surface area contributed by atoms with E-state index in [1.807, 2.05) is 0 Å². The van der Waals surface area contributed by atoms with Crippen LogP contribution in [0.3, 0.4) is 0 Å². The van der Waals surface area contributed by atoms with Crippen LogP contribution in [0.15, 0.2) is 36.8 Å². The molecule has 2 heterocycles. The molecule has 0 saturated carbocycles. The molecular weight excluding hydrogens is 308 g/mol. The Morgan fingerprint density at radius 3 is 2.71 bits per heavy atom. The van der Waals surface area contributed by atoms with Crippen LogP contribution in [-0.2, 0) is 10.5 Å². The Labute approximate surface area is 118 Å². The quantitative estimate of drug-likeness (QED) is 0.677. The van der Waals surface area contributed by atoms with Crippen LogP contribution in [0.5, 0.6) is 5.75 Å². The molecule has 0 saturated heterocycles. The van der Waals surface area contributed by atoms with Gasteiger partial charge in [-0.25, -0.2) is 4.98 Å². The van der Waals surface area contributed by atoms with Crippen molar-refractivity contribution in [3.63, 3.8) is 0 Å². The van der Waals surface area contributed by atoms with E-state index >= 15 is 0 Å². The zero-order valence-electron chi connectivity index (χ0n) is 10.2. The van der Waals surface area contributed by atoms with E-state index in [9.17, 15) is 21.5 Å². The highest BCUT2D eigenvalue weighted by Crippen LogP contribution is 2.18. The maximum Gasteiger partial charge on any atom is 0.488 e. The molecule has 0 radical (unpaired) electrons. The number of carbonyl (C=O) groups excluding carboxylic acids is 1. The summed E-state index contributed by atoms with van der Waals surface area (Å²) in [5.74, 6) is -1.93. The first kappa shape index (κ1) is 14.8. The Hall–Kier alpha value is -2.62. The Morgan fingerprint density at radius 2 is 2.05 bits per heavy atom. The van der Waals surface area contributed by atoms with Crippen LogP contribution in [-0.4, -0.2) is 24.3 Å². The number of hydrogen-bond donors (Lipinski definition) is 1. The van der Waals surface area contributed by atoms with Gasteiger partial charge in [-0.1, -0.05) is 3.89 Å². The summed E-state index contributed by atoms with van der Waals surface area (Å²) in [6.07, 6.45) is 3.23. The van der Waals surface area contributed by atoms with E-state index in [0.717, 1.165) is 24.5 Å². The van der Waals surface area contributed by atoms with Crippen molar-refractivity contribution >= 4 is 22.1 Å². The molecule has 0 aliphatic rings. The molecule has 21 heavy (non-hydrogen) atoms. The van der Waals surface area contributed by atoms with Crippen LogP contribution >= 0.6 is 0 Å². The second-order valence-corrected chi connectivity index (χ2v) is 4.66. The molecular formula is C11H7F2N3O4S. The Bertz CT molecular complexity index is 783. The summed E-state index contributed by atoms with van der Waals surface area (Å²) in [5, 5.41) is 2.32. The average molecular weight is 315 g/mol. The fourth-order valence-corrected chi connectivity index (χ4v) is 1.72. The first-order valence-corrected chi connectivity index (χ1v) is 6.66. The summed E-state index contributed by atoms with van der Waals surface area (Å²) in [6, 6.07) is 3.23. The van der Waals surface area contributed by atoms with Crippen LogP contribution in [0.1, 0.15) is 10.4 Å². The molecule has 0 aliphatic carbocycles. The third-order valence-electron chi connectivity index (χ3n) is 2.16. The van der Waals surface area contributed by atoms with Gasteiger partial charge in [-0.05, 0) is 6.07 Å². The molecule has 10 heteroatoms. The zero-order valence-corrected chi connectivity index (χ0v) is 11.0. The topological polar surface area (TPSA) is 98.2 Å². The lowest BCUT2D eigenvalue weighted by molar-refractivity contribution is 0.102. The molecule has 2 aromatic heterocycles. The number of nitrogens with one attached hydrogen (secondary N) is 1. The number of nitrogens with zero attached hydrogens (tertiary/aromatic N) is 2. The highest BCUT2D eigenvalue weighted by molar-refractivity contribution is 7.81. The molecule has 110 valence electrons. The number of amides is 1. The van der Waals surface area contributed by atoms with Crippen LogP contribution < -0.4 is 9.50 Å². The van der Waals surface area contributed by atoms with Crippen molar-refractivity contribution in [2.45, 2.75) is 0 Å². The molecule has 7 nitrogen and oxygen atoms in total. The third kappa shape index (κ3) is 4.45. The molecule has 2 rings (SSSR count).